The first-order valence-corrected chi connectivity index (χ1v) is 8.65. The molecule has 2 aliphatic rings. The number of rotatable bonds is 5. The van der Waals surface area contributed by atoms with Crippen LogP contribution >= 0.6 is 0 Å². The number of allylic oxidation sites excluding steroid dienone is 1. The normalized spacial score (nSPS) is 21.8. The fourth-order valence-electron chi connectivity index (χ4n) is 2.97. The zero-order chi connectivity index (χ0) is 18.0. The highest BCUT2D eigenvalue weighted by Crippen LogP contribution is 2.49. The maximum Gasteiger partial charge on any atom is 0.410 e. The Balaban J connectivity index is 1.79. The number of nitrogens with one attached hydrogen (secondary N) is 1. The van der Waals surface area contributed by atoms with E-state index in [-0.39, 0.29) is 30.7 Å². The number of carbonyl (C=O) groups is 2. The van der Waals surface area contributed by atoms with Crippen LogP contribution in [-0.4, -0.2) is 47.8 Å². The van der Waals surface area contributed by atoms with Gasteiger partial charge in [-0.2, -0.15) is 0 Å². The van der Waals surface area contributed by atoms with Crippen LogP contribution in [0, 0.1) is 5.41 Å². The van der Waals surface area contributed by atoms with E-state index in [2.05, 4.69) is 11.9 Å². The Bertz CT molecular complexity index is 501. The zero-order valence-corrected chi connectivity index (χ0v) is 15.0. The Kier molecular flexibility index (Phi) is 5.25. The van der Waals surface area contributed by atoms with Crippen molar-refractivity contribution in [2.45, 2.75) is 64.1 Å². The lowest BCUT2D eigenvalue weighted by molar-refractivity contribution is -0.127. The number of nitrogens with zero attached hydrogens (tertiary/aromatic N) is 1. The van der Waals surface area contributed by atoms with Crippen molar-refractivity contribution in [2.75, 3.05) is 19.6 Å². The number of ether oxygens (including phenoxy) is 1. The van der Waals surface area contributed by atoms with Crippen molar-refractivity contribution in [1.82, 2.24) is 10.2 Å². The molecular weight excluding hydrogens is 311 g/mol. The molecule has 1 aliphatic carbocycles. The molecule has 0 spiro atoms. The van der Waals surface area contributed by atoms with E-state index < -0.39 is 17.4 Å². The second-order valence-corrected chi connectivity index (χ2v) is 8.07. The summed E-state index contributed by atoms with van der Waals surface area (Å²) in [6.45, 7) is 9.71. The number of halogens is 1. The molecule has 0 aromatic heterocycles. The summed E-state index contributed by atoms with van der Waals surface area (Å²) in [6, 6.07) is 0. The van der Waals surface area contributed by atoms with E-state index in [4.69, 9.17) is 4.74 Å². The van der Waals surface area contributed by atoms with E-state index in [1.807, 2.05) is 0 Å². The minimum atomic E-state index is -1.46. The van der Waals surface area contributed by atoms with Gasteiger partial charge < -0.3 is 15.0 Å². The lowest BCUT2D eigenvalue weighted by Gasteiger charge is -2.37. The maximum absolute atomic E-state index is 14.9. The monoisotopic (exact) mass is 340 g/mol. The van der Waals surface area contributed by atoms with Gasteiger partial charge in [0, 0.05) is 25.9 Å². The fraction of sp³-hybridized carbons (Fsp3) is 0.778. The highest BCUT2D eigenvalue weighted by Gasteiger charge is 2.49. The van der Waals surface area contributed by atoms with Crippen molar-refractivity contribution >= 4 is 12.0 Å². The Morgan fingerprint density at radius 1 is 1.25 bits per heavy atom. The van der Waals surface area contributed by atoms with Crippen LogP contribution in [0.3, 0.4) is 0 Å². The van der Waals surface area contributed by atoms with Crippen molar-refractivity contribution in [2.24, 2.45) is 5.41 Å². The van der Waals surface area contributed by atoms with E-state index in [9.17, 15) is 14.0 Å². The van der Waals surface area contributed by atoms with Gasteiger partial charge in [0.1, 0.15) is 11.3 Å². The first kappa shape index (κ1) is 18.7. The van der Waals surface area contributed by atoms with Crippen LogP contribution in [0.1, 0.15) is 52.9 Å². The van der Waals surface area contributed by atoms with Crippen molar-refractivity contribution < 1.29 is 18.7 Å². The average Bonchev–Trinajstić information content (AvgIpc) is 3.25. The lowest BCUT2D eigenvalue weighted by Crippen LogP contribution is -2.51. The van der Waals surface area contributed by atoms with Crippen molar-refractivity contribution in [3.63, 3.8) is 0 Å². The molecule has 0 radical (unpaired) electrons. The third-order valence-electron chi connectivity index (χ3n) is 4.75. The zero-order valence-electron chi connectivity index (χ0n) is 15.0. The van der Waals surface area contributed by atoms with Gasteiger partial charge in [0.15, 0.2) is 0 Å². The number of likely N-dealkylation sites (tertiary alicyclic amines) is 1. The summed E-state index contributed by atoms with van der Waals surface area (Å²) in [5.41, 5.74) is -2.37. The Morgan fingerprint density at radius 2 is 1.83 bits per heavy atom. The molecule has 1 heterocycles. The quantitative estimate of drug-likeness (QED) is 0.782. The smallest absolute Gasteiger partial charge is 0.410 e. The molecule has 2 rings (SSSR count). The third kappa shape index (κ3) is 4.71. The van der Waals surface area contributed by atoms with Crippen molar-refractivity contribution in [1.29, 1.82) is 0 Å². The summed E-state index contributed by atoms with van der Waals surface area (Å²) < 4.78 is 20.2. The van der Waals surface area contributed by atoms with Crippen LogP contribution in [0.2, 0.25) is 0 Å². The molecule has 1 saturated carbocycles. The summed E-state index contributed by atoms with van der Waals surface area (Å²) in [7, 11) is 0. The molecule has 0 unspecified atom stereocenters. The average molecular weight is 340 g/mol. The van der Waals surface area contributed by atoms with E-state index in [1.54, 1.807) is 26.8 Å². The van der Waals surface area contributed by atoms with Gasteiger partial charge >= 0.3 is 6.09 Å². The van der Waals surface area contributed by atoms with E-state index in [0.717, 1.165) is 12.8 Å². The highest BCUT2D eigenvalue weighted by molar-refractivity contribution is 5.85. The molecule has 136 valence electrons. The maximum atomic E-state index is 14.9. The Hall–Kier alpha value is -1.59. The summed E-state index contributed by atoms with van der Waals surface area (Å²) in [4.78, 5) is 25.8. The van der Waals surface area contributed by atoms with E-state index in [1.165, 1.54) is 4.90 Å². The number of amides is 2. The molecule has 1 saturated heterocycles. The van der Waals surface area contributed by atoms with Crippen LogP contribution in [0.4, 0.5) is 9.18 Å². The number of carbonyl (C=O) groups excluding carboxylic acids is 2. The van der Waals surface area contributed by atoms with Crippen LogP contribution in [-0.2, 0) is 9.53 Å². The van der Waals surface area contributed by atoms with Crippen molar-refractivity contribution in [3.05, 3.63) is 12.7 Å². The molecule has 5 nitrogen and oxygen atoms in total. The molecule has 1 N–H and O–H groups in total. The molecule has 24 heavy (non-hydrogen) atoms. The first-order valence-electron chi connectivity index (χ1n) is 8.65. The predicted molar refractivity (Wildman–Crippen MR) is 90.4 cm³/mol. The highest BCUT2D eigenvalue weighted by atomic mass is 19.1. The van der Waals surface area contributed by atoms with Crippen LogP contribution < -0.4 is 5.32 Å². The second-order valence-electron chi connectivity index (χ2n) is 8.07. The van der Waals surface area contributed by atoms with Crippen LogP contribution in [0.15, 0.2) is 12.7 Å². The molecule has 1 aliphatic heterocycles. The number of hydrogen-bond donors (Lipinski definition) is 1. The molecule has 2 amide bonds. The van der Waals surface area contributed by atoms with Crippen molar-refractivity contribution in [3.8, 4) is 0 Å². The van der Waals surface area contributed by atoms with Gasteiger partial charge in [0.25, 0.3) is 0 Å². The number of alkyl halides is 1. The SMILES string of the molecule is C=CCC1(C(=O)NCC2(F)CCN(C(=O)OC(C)(C)C)CC2)CC1. The van der Waals surface area contributed by atoms with E-state index >= 15 is 0 Å². The van der Waals surface area contributed by atoms with Gasteiger partial charge in [0.2, 0.25) is 5.91 Å². The molecule has 0 aromatic carbocycles. The third-order valence-corrected chi connectivity index (χ3v) is 4.75. The molecule has 0 bridgehead atoms. The molecule has 0 aromatic rings. The minimum Gasteiger partial charge on any atom is -0.444 e. The first-order chi connectivity index (χ1) is 11.1. The Labute approximate surface area is 143 Å². The standard InChI is InChI=1S/C18H29FN2O3/c1-5-6-17(7-8-17)14(22)20-13-18(19)9-11-21(12-10-18)15(23)24-16(2,3)4/h5H,1,6-13H2,2-4H3,(H,20,22). The number of hydrogen-bond acceptors (Lipinski definition) is 3. The predicted octanol–water partition coefficient (Wildman–Crippen LogP) is 3.20. The summed E-state index contributed by atoms with van der Waals surface area (Å²) in [5.74, 6) is -0.0750. The molecular formula is C18H29FN2O3. The lowest BCUT2D eigenvalue weighted by atomic mass is 9.92. The van der Waals surface area contributed by atoms with Gasteiger partial charge in [-0.1, -0.05) is 6.08 Å². The number of piperidine rings is 1. The van der Waals surface area contributed by atoms with Gasteiger partial charge in [-0.15, -0.1) is 6.58 Å². The van der Waals surface area contributed by atoms with E-state index in [0.29, 0.717) is 19.5 Å². The van der Waals surface area contributed by atoms with Gasteiger partial charge in [-0.25, -0.2) is 9.18 Å². The van der Waals surface area contributed by atoms with Gasteiger partial charge in [-0.3, -0.25) is 4.79 Å². The largest absolute Gasteiger partial charge is 0.444 e. The minimum absolute atomic E-state index is 0.00683. The second kappa shape index (κ2) is 6.73. The summed E-state index contributed by atoms with van der Waals surface area (Å²) in [5, 5.41) is 2.77. The van der Waals surface area contributed by atoms with Gasteiger partial charge in [-0.05, 0) is 40.0 Å². The summed E-state index contributed by atoms with van der Waals surface area (Å²) in [6.07, 6.45) is 4.09. The summed E-state index contributed by atoms with van der Waals surface area (Å²) >= 11 is 0. The molecule has 0 atom stereocenters. The fourth-order valence-corrected chi connectivity index (χ4v) is 2.97. The molecule has 2 fully saturated rings. The topological polar surface area (TPSA) is 58.6 Å². The molecule has 6 heteroatoms. The Morgan fingerprint density at radius 3 is 2.29 bits per heavy atom. The van der Waals surface area contributed by atoms with Crippen LogP contribution in [0.25, 0.3) is 0 Å². The van der Waals surface area contributed by atoms with Gasteiger partial charge in [0.05, 0.1) is 12.0 Å². The van der Waals surface area contributed by atoms with Crippen LogP contribution in [0.5, 0.6) is 0 Å².